The van der Waals surface area contributed by atoms with Gasteiger partial charge < -0.3 is 10.4 Å². The van der Waals surface area contributed by atoms with Gasteiger partial charge in [0.25, 0.3) is 0 Å². The van der Waals surface area contributed by atoms with Crippen LogP contribution in [0.25, 0.3) is 0 Å². The van der Waals surface area contributed by atoms with Gasteiger partial charge in [0.15, 0.2) is 0 Å². The first-order valence-electron chi connectivity index (χ1n) is 4.93. The lowest BCUT2D eigenvalue weighted by Gasteiger charge is -2.04. The van der Waals surface area contributed by atoms with Crippen molar-refractivity contribution in [2.45, 2.75) is 13.5 Å². The fraction of sp³-hybridized carbons (Fsp3) is 0.167. The van der Waals surface area contributed by atoms with Crippen LogP contribution in [0.4, 0.5) is 5.69 Å². The van der Waals surface area contributed by atoms with Crippen molar-refractivity contribution in [3.63, 3.8) is 0 Å². The smallest absolute Gasteiger partial charge is 0.115 e. The summed E-state index contributed by atoms with van der Waals surface area (Å²) in [5, 5.41) is 12.5. The molecule has 2 rings (SSSR count). The van der Waals surface area contributed by atoms with Crippen molar-refractivity contribution in [2.24, 2.45) is 0 Å². The van der Waals surface area contributed by atoms with Gasteiger partial charge in [0, 0.05) is 26.5 Å². The van der Waals surface area contributed by atoms with E-state index in [0.717, 1.165) is 12.2 Å². The zero-order valence-electron chi connectivity index (χ0n) is 8.83. The Kier molecular flexibility index (Phi) is 3.51. The molecule has 0 atom stereocenters. The summed E-state index contributed by atoms with van der Waals surface area (Å²) in [5.41, 5.74) is 1.01. The van der Waals surface area contributed by atoms with E-state index in [4.69, 9.17) is 5.11 Å². The molecular formula is C12H12BrNOS. The predicted octanol–water partition coefficient (Wildman–Crippen LogP) is 4.14. The molecule has 4 heteroatoms. The second kappa shape index (κ2) is 4.89. The average molecular weight is 298 g/mol. The molecule has 0 saturated carbocycles. The molecule has 2 nitrogen and oxygen atoms in total. The quantitative estimate of drug-likeness (QED) is 0.835. The Morgan fingerprint density at radius 2 is 2.00 bits per heavy atom. The molecule has 1 aromatic heterocycles. The number of hydrogen-bond donors (Lipinski definition) is 2. The van der Waals surface area contributed by atoms with E-state index >= 15 is 0 Å². The van der Waals surface area contributed by atoms with Crippen molar-refractivity contribution < 1.29 is 5.11 Å². The van der Waals surface area contributed by atoms with E-state index in [9.17, 15) is 0 Å². The number of phenolic OH excluding ortho intramolecular Hbond substituents is 1. The molecule has 0 aliphatic heterocycles. The van der Waals surface area contributed by atoms with Crippen LogP contribution in [0.15, 0.2) is 34.8 Å². The highest BCUT2D eigenvalue weighted by atomic mass is 79.9. The first-order chi connectivity index (χ1) is 7.65. The Hall–Kier alpha value is -1.000. The van der Waals surface area contributed by atoms with Crippen LogP contribution in [-0.2, 0) is 6.54 Å². The average Bonchev–Trinajstić information content (AvgIpc) is 2.58. The summed E-state index contributed by atoms with van der Waals surface area (Å²) in [6, 6.07) is 9.22. The van der Waals surface area contributed by atoms with E-state index < -0.39 is 0 Å². The van der Waals surface area contributed by atoms with E-state index in [1.807, 2.05) is 12.1 Å². The summed E-state index contributed by atoms with van der Waals surface area (Å²) in [6.45, 7) is 2.90. The lowest BCUT2D eigenvalue weighted by atomic mass is 10.3. The maximum Gasteiger partial charge on any atom is 0.115 e. The number of aromatic hydroxyl groups is 1. The van der Waals surface area contributed by atoms with E-state index in [1.165, 1.54) is 14.2 Å². The minimum Gasteiger partial charge on any atom is -0.508 e. The zero-order chi connectivity index (χ0) is 11.5. The molecule has 0 aliphatic carbocycles. The molecule has 0 radical (unpaired) electrons. The first-order valence-corrected chi connectivity index (χ1v) is 6.54. The van der Waals surface area contributed by atoms with Gasteiger partial charge in [-0.3, -0.25) is 0 Å². The summed E-state index contributed by atoms with van der Waals surface area (Å²) in [5.74, 6) is 0.292. The molecule has 0 unspecified atom stereocenters. The van der Waals surface area contributed by atoms with E-state index in [2.05, 4.69) is 34.2 Å². The van der Waals surface area contributed by atoms with Crippen LogP contribution < -0.4 is 5.32 Å². The summed E-state index contributed by atoms with van der Waals surface area (Å²) >= 11 is 5.28. The molecule has 84 valence electrons. The molecule has 16 heavy (non-hydrogen) atoms. The van der Waals surface area contributed by atoms with Crippen molar-refractivity contribution in [1.29, 1.82) is 0 Å². The maximum absolute atomic E-state index is 9.15. The van der Waals surface area contributed by atoms with E-state index in [-0.39, 0.29) is 0 Å². The fourth-order valence-electron chi connectivity index (χ4n) is 1.37. The lowest BCUT2D eigenvalue weighted by Crippen LogP contribution is -1.96. The van der Waals surface area contributed by atoms with Crippen molar-refractivity contribution in [3.05, 3.63) is 44.6 Å². The summed E-state index contributed by atoms with van der Waals surface area (Å²) in [7, 11) is 0. The van der Waals surface area contributed by atoms with Crippen LogP contribution in [0.5, 0.6) is 5.75 Å². The number of benzene rings is 1. The molecule has 0 spiro atoms. The van der Waals surface area contributed by atoms with Gasteiger partial charge in [0.05, 0.1) is 0 Å². The molecule has 0 amide bonds. The highest BCUT2D eigenvalue weighted by molar-refractivity contribution is 9.10. The van der Waals surface area contributed by atoms with Crippen molar-refractivity contribution >= 4 is 33.0 Å². The van der Waals surface area contributed by atoms with Crippen LogP contribution in [0.2, 0.25) is 0 Å². The van der Waals surface area contributed by atoms with E-state index in [0.29, 0.717) is 5.75 Å². The molecule has 1 aromatic carbocycles. The van der Waals surface area contributed by atoms with Gasteiger partial charge in [-0.2, -0.15) is 0 Å². The van der Waals surface area contributed by atoms with Crippen LogP contribution in [0, 0.1) is 6.92 Å². The third-order valence-electron chi connectivity index (χ3n) is 2.24. The molecule has 0 fully saturated rings. The van der Waals surface area contributed by atoms with Gasteiger partial charge >= 0.3 is 0 Å². The third-order valence-corrected chi connectivity index (χ3v) is 4.38. The molecule has 0 bridgehead atoms. The number of anilines is 1. The Labute approximate surface area is 107 Å². The van der Waals surface area contributed by atoms with Crippen LogP contribution in [-0.4, -0.2) is 5.11 Å². The standard InChI is InChI=1S/C12H12BrNOS/c1-8-12(13)6-11(16-8)7-14-9-2-4-10(15)5-3-9/h2-6,14-15H,7H2,1H3. The number of nitrogens with one attached hydrogen (secondary N) is 1. The topological polar surface area (TPSA) is 32.3 Å². The third kappa shape index (κ3) is 2.77. The minimum atomic E-state index is 0.292. The van der Waals surface area contributed by atoms with Gasteiger partial charge in [-0.25, -0.2) is 0 Å². The van der Waals surface area contributed by atoms with E-state index in [1.54, 1.807) is 23.5 Å². The first kappa shape index (κ1) is 11.5. The number of halogens is 1. The Bertz CT molecular complexity index is 459. The Morgan fingerprint density at radius 3 is 2.56 bits per heavy atom. The van der Waals surface area contributed by atoms with Crippen LogP contribution in [0.1, 0.15) is 9.75 Å². The second-order valence-corrected chi connectivity index (χ2v) is 5.71. The number of rotatable bonds is 3. The fourth-order valence-corrected chi connectivity index (χ4v) is 2.91. The Balaban J connectivity index is 1.99. The molecule has 0 saturated heterocycles. The maximum atomic E-state index is 9.15. The summed E-state index contributed by atoms with van der Waals surface area (Å²) < 4.78 is 1.17. The summed E-state index contributed by atoms with van der Waals surface area (Å²) in [6.07, 6.45) is 0. The van der Waals surface area contributed by atoms with Crippen LogP contribution in [0.3, 0.4) is 0 Å². The molecular weight excluding hydrogens is 286 g/mol. The monoisotopic (exact) mass is 297 g/mol. The predicted molar refractivity (Wildman–Crippen MR) is 72.2 cm³/mol. The molecule has 2 aromatic rings. The number of aryl methyl sites for hydroxylation is 1. The van der Waals surface area contributed by atoms with Gasteiger partial charge in [0.1, 0.15) is 5.75 Å². The van der Waals surface area contributed by atoms with Gasteiger partial charge in [-0.05, 0) is 53.2 Å². The van der Waals surface area contributed by atoms with Crippen molar-refractivity contribution in [2.75, 3.05) is 5.32 Å². The minimum absolute atomic E-state index is 0.292. The number of thiophene rings is 1. The lowest BCUT2D eigenvalue weighted by molar-refractivity contribution is 0.475. The van der Waals surface area contributed by atoms with Crippen molar-refractivity contribution in [1.82, 2.24) is 0 Å². The van der Waals surface area contributed by atoms with Gasteiger partial charge in [-0.15, -0.1) is 11.3 Å². The molecule has 2 N–H and O–H groups in total. The normalized spacial score (nSPS) is 10.4. The van der Waals surface area contributed by atoms with Gasteiger partial charge in [-0.1, -0.05) is 0 Å². The van der Waals surface area contributed by atoms with Crippen molar-refractivity contribution in [3.8, 4) is 5.75 Å². The van der Waals surface area contributed by atoms with Gasteiger partial charge in [0.2, 0.25) is 0 Å². The SMILES string of the molecule is Cc1sc(CNc2ccc(O)cc2)cc1Br. The Morgan fingerprint density at radius 1 is 1.31 bits per heavy atom. The molecule has 0 aliphatic rings. The second-order valence-electron chi connectivity index (χ2n) is 3.52. The number of hydrogen-bond acceptors (Lipinski definition) is 3. The zero-order valence-corrected chi connectivity index (χ0v) is 11.2. The molecule has 1 heterocycles. The van der Waals surface area contributed by atoms with Crippen LogP contribution >= 0.6 is 27.3 Å². The largest absolute Gasteiger partial charge is 0.508 e. The highest BCUT2D eigenvalue weighted by Gasteiger charge is 2.02. The number of phenols is 1. The summed E-state index contributed by atoms with van der Waals surface area (Å²) in [4.78, 5) is 2.58. The highest BCUT2D eigenvalue weighted by Crippen LogP contribution is 2.27.